The third-order valence-corrected chi connectivity index (χ3v) is 3.24. The van der Waals surface area contributed by atoms with E-state index in [9.17, 15) is 5.11 Å². The summed E-state index contributed by atoms with van der Waals surface area (Å²) in [7, 11) is 2.03. The van der Waals surface area contributed by atoms with Crippen LogP contribution in [0.15, 0.2) is 12.4 Å². The van der Waals surface area contributed by atoms with Crippen molar-refractivity contribution in [1.29, 1.82) is 0 Å². The molecule has 84 valence electrons. The van der Waals surface area contributed by atoms with Gasteiger partial charge in [0.2, 0.25) is 0 Å². The molecule has 1 unspecified atom stereocenters. The highest BCUT2D eigenvalue weighted by Gasteiger charge is 2.28. The molecule has 0 spiro atoms. The predicted octanol–water partition coefficient (Wildman–Crippen LogP) is 1.90. The van der Waals surface area contributed by atoms with E-state index in [0.717, 1.165) is 31.5 Å². The number of hydrogen-bond donors (Lipinski definition) is 1. The van der Waals surface area contributed by atoms with Crippen molar-refractivity contribution in [3.05, 3.63) is 18.2 Å². The molecule has 1 aromatic heterocycles. The van der Waals surface area contributed by atoms with Crippen LogP contribution in [-0.4, -0.2) is 20.8 Å². The summed E-state index contributed by atoms with van der Waals surface area (Å²) in [6.45, 7) is 0. The number of aryl methyl sites for hydroxylation is 2. The molecule has 1 saturated carbocycles. The van der Waals surface area contributed by atoms with Gasteiger partial charge in [-0.2, -0.15) is 0 Å². The minimum Gasteiger partial charge on any atom is -0.393 e. The minimum atomic E-state index is -0.0358. The van der Waals surface area contributed by atoms with Crippen molar-refractivity contribution < 1.29 is 5.11 Å². The van der Waals surface area contributed by atoms with Crippen molar-refractivity contribution in [2.45, 2.75) is 44.6 Å². The molecule has 0 bridgehead atoms. The van der Waals surface area contributed by atoms with Crippen LogP contribution in [0.5, 0.6) is 0 Å². The van der Waals surface area contributed by atoms with Gasteiger partial charge in [-0.15, -0.1) is 0 Å². The van der Waals surface area contributed by atoms with E-state index in [1.807, 2.05) is 19.4 Å². The van der Waals surface area contributed by atoms with Gasteiger partial charge in [0.05, 0.1) is 6.10 Å². The molecule has 1 atom stereocenters. The maximum absolute atomic E-state index is 9.68. The van der Waals surface area contributed by atoms with Crippen LogP contribution in [0.25, 0.3) is 0 Å². The smallest absolute Gasteiger partial charge is 0.108 e. The normalized spacial score (nSPS) is 18.0. The van der Waals surface area contributed by atoms with Gasteiger partial charge in [-0.1, -0.05) is 6.42 Å². The third kappa shape index (κ3) is 3.06. The molecular weight excluding hydrogens is 188 g/mol. The number of hydrogen-bond acceptors (Lipinski definition) is 2. The Bertz CT molecular complexity index is 304. The fourth-order valence-electron chi connectivity index (χ4n) is 1.99. The second-order valence-electron chi connectivity index (χ2n) is 4.60. The van der Waals surface area contributed by atoms with Crippen molar-refractivity contribution in [3.63, 3.8) is 0 Å². The third-order valence-electron chi connectivity index (χ3n) is 3.24. The van der Waals surface area contributed by atoms with Gasteiger partial charge in [0, 0.05) is 25.9 Å². The molecule has 1 N–H and O–H groups in total. The Kier molecular flexibility index (Phi) is 3.41. The van der Waals surface area contributed by atoms with Gasteiger partial charge >= 0.3 is 0 Å². The Labute approximate surface area is 91.1 Å². The van der Waals surface area contributed by atoms with Crippen molar-refractivity contribution in [1.82, 2.24) is 9.55 Å². The SMILES string of the molecule is Cn1ccnc1CCCCC(O)C1CC1. The monoisotopic (exact) mass is 208 g/mol. The van der Waals surface area contributed by atoms with Gasteiger partial charge in [0.15, 0.2) is 0 Å². The molecule has 0 saturated heterocycles. The highest BCUT2D eigenvalue weighted by atomic mass is 16.3. The zero-order valence-electron chi connectivity index (χ0n) is 9.39. The number of aliphatic hydroxyl groups is 1. The van der Waals surface area contributed by atoms with E-state index >= 15 is 0 Å². The van der Waals surface area contributed by atoms with Gasteiger partial charge in [-0.25, -0.2) is 4.98 Å². The second kappa shape index (κ2) is 4.79. The molecular formula is C12H20N2O. The number of nitrogens with zero attached hydrogens (tertiary/aromatic N) is 2. The van der Waals surface area contributed by atoms with Crippen LogP contribution in [-0.2, 0) is 13.5 Å². The van der Waals surface area contributed by atoms with Crippen LogP contribution in [0, 0.1) is 5.92 Å². The van der Waals surface area contributed by atoms with Crippen molar-refractivity contribution in [2.75, 3.05) is 0 Å². The van der Waals surface area contributed by atoms with E-state index in [4.69, 9.17) is 0 Å². The van der Waals surface area contributed by atoms with Crippen molar-refractivity contribution in [3.8, 4) is 0 Å². The Hall–Kier alpha value is -0.830. The first kappa shape index (κ1) is 10.7. The molecule has 3 heteroatoms. The van der Waals surface area contributed by atoms with Crippen LogP contribution >= 0.6 is 0 Å². The first-order valence-electron chi connectivity index (χ1n) is 5.91. The zero-order chi connectivity index (χ0) is 10.7. The molecule has 1 aromatic rings. The summed E-state index contributed by atoms with van der Waals surface area (Å²) in [4.78, 5) is 4.28. The largest absolute Gasteiger partial charge is 0.393 e. The molecule has 1 aliphatic carbocycles. The predicted molar refractivity (Wildman–Crippen MR) is 59.5 cm³/mol. The molecule has 1 fully saturated rings. The first-order chi connectivity index (χ1) is 7.27. The van der Waals surface area contributed by atoms with Crippen LogP contribution in [0.3, 0.4) is 0 Å². The summed E-state index contributed by atoms with van der Waals surface area (Å²) >= 11 is 0. The lowest BCUT2D eigenvalue weighted by Crippen LogP contribution is -2.08. The van der Waals surface area contributed by atoms with Crippen LogP contribution < -0.4 is 0 Å². The minimum absolute atomic E-state index is 0.0358. The molecule has 2 rings (SSSR count). The lowest BCUT2D eigenvalue weighted by molar-refractivity contribution is 0.138. The van der Waals surface area contributed by atoms with E-state index in [0.29, 0.717) is 5.92 Å². The first-order valence-corrected chi connectivity index (χ1v) is 5.91. The molecule has 1 heterocycles. The molecule has 3 nitrogen and oxygen atoms in total. The number of aromatic nitrogens is 2. The van der Waals surface area contributed by atoms with Crippen LogP contribution in [0.1, 0.15) is 37.9 Å². The fourth-order valence-corrected chi connectivity index (χ4v) is 1.99. The maximum atomic E-state index is 9.68. The Balaban J connectivity index is 1.60. The van der Waals surface area contributed by atoms with E-state index < -0.39 is 0 Å². The van der Waals surface area contributed by atoms with Gasteiger partial charge in [-0.3, -0.25) is 0 Å². The van der Waals surface area contributed by atoms with Crippen molar-refractivity contribution >= 4 is 0 Å². The van der Waals surface area contributed by atoms with Gasteiger partial charge in [0.1, 0.15) is 5.82 Å². The molecule has 0 radical (unpaired) electrons. The molecule has 0 amide bonds. The quantitative estimate of drug-likeness (QED) is 0.725. The molecule has 1 aliphatic rings. The van der Waals surface area contributed by atoms with E-state index in [1.165, 1.54) is 12.8 Å². The zero-order valence-corrected chi connectivity index (χ0v) is 9.39. The van der Waals surface area contributed by atoms with E-state index in [1.54, 1.807) is 0 Å². The number of unbranched alkanes of at least 4 members (excludes halogenated alkanes) is 1. The standard InChI is InChI=1S/C12H20N2O/c1-14-9-8-13-12(14)5-3-2-4-11(15)10-6-7-10/h8-11,15H,2-7H2,1H3. The molecule has 15 heavy (non-hydrogen) atoms. The van der Waals surface area contributed by atoms with Gasteiger partial charge < -0.3 is 9.67 Å². The Morgan fingerprint density at radius 1 is 1.53 bits per heavy atom. The van der Waals surface area contributed by atoms with Crippen molar-refractivity contribution in [2.24, 2.45) is 13.0 Å². The molecule has 0 aromatic carbocycles. The van der Waals surface area contributed by atoms with E-state index in [-0.39, 0.29) is 6.10 Å². The summed E-state index contributed by atoms with van der Waals surface area (Å²) in [6, 6.07) is 0. The Morgan fingerprint density at radius 2 is 2.33 bits per heavy atom. The van der Waals surface area contributed by atoms with Gasteiger partial charge in [0.25, 0.3) is 0 Å². The lowest BCUT2D eigenvalue weighted by atomic mass is 10.1. The number of rotatable bonds is 6. The summed E-state index contributed by atoms with van der Waals surface area (Å²) < 4.78 is 2.07. The number of imidazole rings is 1. The number of aliphatic hydroxyl groups excluding tert-OH is 1. The maximum Gasteiger partial charge on any atom is 0.108 e. The van der Waals surface area contributed by atoms with Crippen LogP contribution in [0.4, 0.5) is 0 Å². The lowest BCUT2D eigenvalue weighted by Gasteiger charge is -2.08. The van der Waals surface area contributed by atoms with Gasteiger partial charge in [-0.05, 0) is 31.6 Å². The average molecular weight is 208 g/mol. The summed E-state index contributed by atoms with van der Waals surface area (Å²) in [5, 5.41) is 9.68. The van der Waals surface area contributed by atoms with E-state index in [2.05, 4.69) is 9.55 Å². The topological polar surface area (TPSA) is 38.0 Å². The summed E-state index contributed by atoms with van der Waals surface area (Å²) in [5.41, 5.74) is 0. The fraction of sp³-hybridized carbons (Fsp3) is 0.750. The highest BCUT2D eigenvalue weighted by molar-refractivity contribution is 4.91. The molecule has 0 aliphatic heterocycles. The van der Waals surface area contributed by atoms with Crippen LogP contribution in [0.2, 0.25) is 0 Å². The highest BCUT2D eigenvalue weighted by Crippen LogP contribution is 2.34. The summed E-state index contributed by atoms with van der Waals surface area (Å²) in [5.74, 6) is 1.77. The Morgan fingerprint density at radius 3 is 2.93 bits per heavy atom. The average Bonchev–Trinajstić information content (AvgIpc) is 2.99. The summed E-state index contributed by atoms with van der Waals surface area (Å²) in [6.07, 6.45) is 10.5. The second-order valence-corrected chi connectivity index (χ2v) is 4.60.